The van der Waals surface area contributed by atoms with Crippen LogP contribution in [0.25, 0.3) is 0 Å². The summed E-state index contributed by atoms with van der Waals surface area (Å²) in [4.78, 5) is 16.1. The van der Waals surface area contributed by atoms with E-state index in [9.17, 15) is 4.79 Å². The molecule has 1 N–H and O–H groups in total. The summed E-state index contributed by atoms with van der Waals surface area (Å²) < 4.78 is 0.669. The van der Waals surface area contributed by atoms with Crippen molar-refractivity contribution in [1.29, 1.82) is 0 Å². The first-order valence-electron chi connectivity index (χ1n) is 5.26. The van der Waals surface area contributed by atoms with Gasteiger partial charge in [0.1, 0.15) is 10.4 Å². The van der Waals surface area contributed by atoms with Crippen LogP contribution < -0.4 is 5.32 Å². The monoisotopic (exact) mass is 324 g/mol. The smallest absolute Gasteiger partial charge is 0.256 e. The van der Waals surface area contributed by atoms with Crippen molar-refractivity contribution in [2.45, 2.75) is 6.92 Å². The SMILES string of the molecule is Cc1cc(Cl)cc(C(=O)Nc2cccc(Br)n2)c1. The summed E-state index contributed by atoms with van der Waals surface area (Å²) in [7, 11) is 0. The highest BCUT2D eigenvalue weighted by Gasteiger charge is 2.08. The standard InChI is InChI=1S/C13H10BrClN2O/c1-8-5-9(7-10(15)6-8)13(18)17-12-4-2-3-11(14)16-12/h2-7H,1H3,(H,16,17,18). The summed E-state index contributed by atoms with van der Waals surface area (Å²) >= 11 is 9.17. The summed E-state index contributed by atoms with van der Waals surface area (Å²) in [5, 5.41) is 3.26. The molecule has 0 saturated heterocycles. The molecule has 0 unspecified atom stereocenters. The van der Waals surface area contributed by atoms with Gasteiger partial charge in [-0.05, 0) is 58.7 Å². The molecule has 0 radical (unpaired) electrons. The lowest BCUT2D eigenvalue weighted by molar-refractivity contribution is 0.102. The summed E-state index contributed by atoms with van der Waals surface area (Å²) in [5.74, 6) is 0.262. The van der Waals surface area contributed by atoms with Crippen molar-refractivity contribution in [2.75, 3.05) is 5.32 Å². The number of pyridine rings is 1. The Hall–Kier alpha value is -1.39. The third kappa shape index (κ3) is 3.31. The van der Waals surface area contributed by atoms with Crippen LogP contribution in [0.15, 0.2) is 41.0 Å². The molecule has 0 saturated carbocycles. The van der Waals surface area contributed by atoms with Crippen LogP contribution in [0.2, 0.25) is 5.02 Å². The second kappa shape index (κ2) is 5.50. The lowest BCUT2D eigenvalue weighted by Gasteiger charge is -2.06. The van der Waals surface area contributed by atoms with E-state index in [2.05, 4.69) is 26.2 Å². The zero-order valence-corrected chi connectivity index (χ0v) is 11.9. The van der Waals surface area contributed by atoms with Crippen molar-refractivity contribution in [3.05, 3.63) is 57.2 Å². The lowest BCUT2D eigenvalue weighted by atomic mass is 10.1. The number of hydrogen-bond donors (Lipinski definition) is 1. The van der Waals surface area contributed by atoms with E-state index in [-0.39, 0.29) is 5.91 Å². The Bertz CT molecular complexity index is 581. The average molecular weight is 326 g/mol. The molecule has 2 rings (SSSR count). The van der Waals surface area contributed by atoms with Gasteiger partial charge in [0.25, 0.3) is 5.91 Å². The van der Waals surface area contributed by atoms with E-state index >= 15 is 0 Å². The third-order valence-corrected chi connectivity index (χ3v) is 2.92. The van der Waals surface area contributed by atoms with Gasteiger partial charge in [-0.25, -0.2) is 4.98 Å². The van der Waals surface area contributed by atoms with Crippen LogP contribution in [-0.4, -0.2) is 10.9 Å². The number of carbonyl (C=O) groups is 1. The largest absolute Gasteiger partial charge is 0.307 e. The maximum atomic E-state index is 12.0. The average Bonchev–Trinajstić information content (AvgIpc) is 2.27. The predicted octanol–water partition coefficient (Wildman–Crippen LogP) is 4.06. The first-order valence-corrected chi connectivity index (χ1v) is 6.43. The summed E-state index contributed by atoms with van der Waals surface area (Å²) in [6.45, 7) is 1.89. The molecule has 0 aliphatic carbocycles. The molecule has 0 spiro atoms. The van der Waals surface area contributed by atoms with Gasteiger partial charge in [0.2, 0.25) is 0 Å². The van der Waals surface area contributed by atoms with Crippen molar-refractivity contribution in [3.63, 3.8) is 0 Å². The molecule has 0 bridgehead atoms. The Morgan fingerprint density at radius 2 is 2.11 bits per heavy atom. The molecule has 0 atom stereocenters. The number of hydrogen-bond acceptors (Lipinski definition) is 2. The molecular weight excluding hydrogens is 316 g/mol. The fraction of sp³-hybridized carbons (Fsp3) is 0.0769. The highest BCUT2D eigenvalue weighted by atomic mass is 79.9. The second-order valence-electron chi connectivity index (χ2n) is 3.82. The molecule has 0 aliphatic rings. The molecule has 1 amide bonds. The van der Waals surface area contributed by atoms with Gasteiger partial charge in [-0.3, -0.25) is 4.79 Å². The zero-order chi connectivity index (χ0) is 13.1. The van der Waals surface area contributed by atoms with Gasteiger partial charge in [0.15, 0.2) is 0 Å². The fourth-order valence-electron chi connectivity index (χ4n) is 1.53. The van der Waals surface area contributed by atoms with Gasteiger partial charge in [0, 0.05) is 10.6 Å². The topological polar surface area (TPSA) is 42.0 Å². The number of rotatable bonds is 2. The normalized spacial score (nSPS) is 10.2. The number of aromatic nitrogens is 1. The molecule has 0 aliphatic heterocycles. The van der Waals surface area contributed by atoms with Crippen molar-refractivity contribution >= 4 is 39.3 Å². The third-order valence-electron chi connectivity index (χ3n) is 2.26. The Morgan fingerprint density at radius 3 is 2.78 bits per heavy atom. The molecule has 2 aromatic rings. The molecule has 1 heterocycles. The quantitative estimate of drug-likeness (QED) is 0.846. The minimum absolute atomic E-state index is 0.230. The molecule has 1 aromatic heterocycles. The van der Waals surface area contributed by atoms with Gasteiger partial charge < -0.3 is 5.32 Å². The van der Waals surface area contributed by atoms with Gasteiger partial charge in [-0.2, -0.15) is 0 Å². The van der Waals surface area contributed by atoms with Crippen molar-refractivity contribution in [1.82, 2.24) is 4.98 Å². The van der Waals surface area contributed by atoms with E-state index < -0.39 is 0 Å². The number of aryl methyl sites for hydroxylation is 1. The van der Waals surface area contributed by atoms with E-state index in [0.29, 0.717) is 21.0 Å². The van der Waals surface area contributed by atoms with Crippen LogP contribution in [0, 0.1) is 6.92 Å². The summed E-state index contributed by atoms with van der Waals surface area (Å²) in [6, 6.07) is 10.5. The Balaban J connectivity index is 2.22. The molecule has 0 fully saturated rings. The minimum atomic E-state index is -0.230. The summed E-state index contributed by atoms with van der Waals surface area (Å²) in [6.07, 6.45) is 0. The highest BCUT2D eigenvalue weighted by molar-refractivity contribution is 9.10. The molecule has 18 heavy (non-hydrogen) atoms. The molecule has 5 heteroatoms. The van der Waals surface area contributed by atoms with Crippen LogP contribution in [0.4, 0.5) is 5.82 Å². The number of benzene rings is 1. The second-order valence-corrected chi connectivity index (χ2v) is 5.07. The Kier molecular flexibility index (Phi) is 3.99. The maximum Gasteiger partial charge on any atom is 0.256 e. The Labute approximate surface area is 118 Å². The van der Waals surface area contributed by atoms with E-state index in [0.717, 1.165) is 5.56 Å². The highest BCUT2D eigenvalue weighted by Crippen LogP contribution is 2.16. The van der Waals surface area contributed by atoms with Gasteiger partial charge in [0.05, 0.1) is 0 Å². The maximum absolute atomic E-state index is 12.0. The fourth-order valence-corrected chi connectivity index (χ4v) is 2.17. The predicted molar refractivity (Wildman–Crippen MR) is 76.1 cm³/mol. The van der Waals surface area contributed by atoms with E-state index in [4.69, 9.17) is 11.6 Å². The number of amides is 1. The van der Waals surface area contributed by atoms with Crippen LogP contribution >= 0.6 is 27.5 Å². The number of halogens is 2. The molecule has 3 nitrogen and oxygen atoms in total. The van der Waals surface area contributed by atoms with Gasteiger partial charge >= 0.3 is 0 Å². The zero-order valence-electron chi connectivity index (χ0n) is 9.58. The van der Waals surface area contributed by atoms with Crippen LogP contribution in [0.5, 0.6) is 0 Å². The number of nitrogens with one attached hydrogen (secondary N) is 1. The number of carbonyl (C=O) groups excluding carboxylic acids is 1. The first-order chi connectivity index (χ1) is 8.54. The van der Waals surface area contributed by atoms with Gasteiger partial charge in [-0.15, -0.1) is 0 Å². The first kappa shape index (κ1) is 13.1. The molecular formula is C13H10BrClN2O. The van der Waals surface area contributed by atoms with Crippen molar-refractivity contribution in [2.24, 2.45) is 0 Å². The molecule has 1 aromatic carbocycles. The van der Waals surface area contributed by atoms with Crippen LogP contribution in [0.1, 0.15) is 15.9 Å². The van der Waals surface area contributed by atoms with Gasteiger partial charge in [-0.1, -0.05) is 17.7 Å². The van der Waals surface area contributed by atoms with Crippen LogP contribution in [-0.2, 0) is 0 Å². The number of anilines is 1. The van der Waals surface area contributed by atoms with Crippen molar-refractivity contribution < 1.29 is 4.79 Å². The van der Waals surface area contributed by atoms with Crippen LogP contribution in [0.3, 0.4) is 0 Å². The van der Waals surface area contributed by atoms with E-state index in [1.165, 1.54) is 0 Å². The Morgan fingerprint density at radius 1 is 1.33 bits per heavy atom. The minimum Gasteiger partial charge on any atom is -0.307 e. The molecule has 92 valence electrons. The number of nitrogens with zero attached hydrogens (tertiary/aromatic N) is 1. The summed E-state index contributed by atoms with van der Waals surface area (Å²) in [5.41, 5.74) is 1.46. The van der Waals surface area contributed by atoms with Crippen molar-refractivity contribution in [3.8, 4) is 0 Å². The van der Waals surface area contributed by atoms with E-state index in [1.807, 2.05) is 6.92 Å². The lowest BCUT2D eigenvalue weighted by Crippen LogP contribution is -2.13. The van der Waals surface area contributed by atoms with E-state index in [1.54, 1.807) is 36.4 Å².